The molecule has 21 heavy (non-hydrogen) atoms. The van der Waals surface area contributed by atoms with Gasteiger partial charge in [0.15, 0.2) is 0 Å². The van der Waals surface area contributed by atoms with Gasteiger partial charge in [0.25, 0.3) is 0 Å². The molecule has 0 aliphatic heterocycles. The van der Waals surface area contributed by atoms with Crippen molar-refractivity contribution in [3.8, 4) is 0 Å². The Balaban J connectivity index is 1.58. The number of fused-ring (bicyclic) bond motifs is 2. The summed E-state index contributed by atoms with van der Waals surface area (Å²) in [5, 5.41) is 16.3. The molecule has 0 bridgehead atoms. The van der Waals surface area contributed by atoms with Crippen molar-refractivity contribution in [1.29, 1.82) is 0 Å². The van der Waals surface area contributed by atoms with Crippen LogP contribution in [0, 0.1) is 0 Å². The number of nitrogens with one attached hydrogen (secondary N) is 1. The number of carbonyl (C=O) groups is 1. The smallest absolute Gasteiger partial charge is 0.326 e. The summed E-state index contributed by atoms with van der Waals surface area (Å²) in [6, 6.07) is 11.2. The molecule has 5 heteroatoms. The maximum Gasteiger partial charge on any atom is 0.326 e. The van der Waals surface area contributed by atoms with E-state index in [4.69, 9.17) is 0 Å². The first kappa shape index (κ1) is 12.6. The number of hydrogen-bond acceptors (Lipinski definition) is 3. The SMILES string of the molecule is O=C(NC1Cc2ccccc2C1O)n1ccc2ccsc21. The second-order valence-electron chi connectivity index (χ2n) is 5.27. The topological polar surface area (TPSA) is 54.3 Å². The molecule has 2 aromatic heterocycles. The Hall–Kier alpha value is -2.11. The number of nitrogens with zero attached hydrogens (tertiary/aromatic N) is 1. The van der Waals surface area contributed by atoms with E-state index >= 15 is 0 Å². The Morgan fingerprint density at radius 2 is 2.14 bits per heavy atom. The minimum atomic E-state index is -0.639. The highest BCUT2D eigenvalue weighted by molar-refractivity contribution is 7.16. The molecule has 106 valence electrons. The van der Waals surface area contributed by atoms with Gasteiger partial charge in [-0.1, -0.05) is 24.3 Å². The predicted molar refractivity (Wildman–Crippen MR) is 82.6 cm³/mol. The van der Waals surface area contributed by atoms with Crippen molar-refractivity contribution in [1.82, 2.24) is 9.88 Å². The number of benzene rings is 1. The van der Waals surface area contributed by atoms with Gasteiger partial charge in [0, 0.05) is 11.6 Å². The van der Waals surface area contributed by atoms with E-state index in [9.17, 15) is 9.90 Å². The van der Waals surface area contributed by atoms with Gasteiger partial charge >= 0.3 is 6.03 Å². The van der Waals surface area contributed by atoms with Crippen LogP contribution in [0.15, 0.2) is 48.0 Å². The van der Waals surface area contributed by atoms with Gasteiger partial charge in [0.1, 0.15) is 4.83 Å². The van der Waals surface area contributed by atoms with Crippen molar-refractivity contribution in [3.63, 3.8) is 0 Å². The van der Waals surface area contributed by atoms with Crippen molar-refractivity contribution in [3.05, 3.63) is 59.1 Å². The Morgan fingerprint density at radius 3 is 3.00 bits per heavy atom. The van der Waals surface area contributed by atoms with E-state index in [-0.39, 0.29) is 12.1 Å². The number of aromatic nitrogens is 1. The van der Waals surface area contributed by atoms with E-state index in [1.165, 1.54) is 11.3 Å². The molecule has 2 N–H and O–H groups in total. The third-order valence-electron chi connectivity index (χ3n) is 4.02. The number of carbonyl (C=O) groups excluding carboxylic acids is 1. The number of aliphatic hydroxyl groups excluding tert-OH is 1. The molecule has 2 atom stereocenters. The molecule has 1 aliphatic rings. The molecule has 0 radical (unpaired) electrons. The van der Waals surface area contributed by atoms with E-state index < -0.39 is 6.10 Å². The monoisotopic (exact) mass is 298 g/mol. The maximum absolute atomic E-state index is 12.4. The Morgan fingerprint density at radius 1 is 1.29 bits per heavy atom. The second-order valence-corrected chi connectivity index (χ2v) is 6.17. The highest BCUT2D eigenvalue weighted by Gasteiger charge is 2.32. The molecule has 2 unspecified atom stereocenters. The average Bonchev–Trinajstić information content (AvgIpc) is 3.15. The van der Waals surface area contributed by atoms with Crippen LogP contribution < -0.4 is 5.32 Å². The molecule has 0 spiro atoms. The van der Waals surface area contributed by atoms with E-state index in [1.54, 1.807) is 10.8 Å². The van der Waals surface area contributed by atoms with Crippen molar-refractivity contribution < 1.29 is 9.90 Å². The summed E-state index contributed by atoms with van der Waals surface area (Å²) in [5.74, 6) is 0. The zero-order valence-corrected chi connectivity index (χ0v) is 12.0. The fourth-order valence-electron chi connectivity index (χ4n) is 2.95. The molecule has 1 amide bonds. The molecule has 1 aromatic carbocycles. The normalized spacial score (nSPS) is 20.6. The molecule has 3 aromatic rings. The van der Waals surface area contributed by atoms with E-state index in [0.29, 0.717) is 6.42 Å². The zero-order chi connectivity index (χ0) is 14.4. The largest absolute Gasteiger partial charge is 0.386 e. The van der Waals surface area contributed by atoms with Crippen molar-refractivity contribution in [2.24, 2.45) is 0 Å². The number of thiophene rings is 1. The van der Waals surface area contributed by atoms with Gasteiger partial charge < -0.3 is 10.4 Å². The van der Waals surface area contributed by atoms with Crippen LogP contribution in [-0.4, -0.2) is 21.7 Å². The highest BCUT2D eigenvalue weighted by Crippen LogP contribution is 2.31. The molecule has 0 saturated carbocycles. The van der Waals surface area contributed by atoms with E-state index in [2.05, 4.69) is 5.32 Å². The lowest BCUT2D eigenvalue weighted by molar-refractivity contribution is 0.143. The van der Waals surface area contributed by atoms with Gasteiger partial charge in [0.2, 0.25) is 0 Å². The van der Waals surface area contributed by atoms with Crippen molar-refractivity contribution in [2.45, 2.75) is 18.6 Å². The van der Waals surface area contributed by atoms with Gasteiger partial charge in [-0.15, -0.1) is 11.3 Å². The van der Waals surface area contributed by atoms with Crippen LogP contribution in [0.3, 0.4) is 0 Å². The molecule has 4 rings (SSSR count). The average molecular weight is 298 g/mol. The lowest BCUT2D eigenvalue weighted by Gasteiger charge is -2.17. The van der Waals surface area contributed by atoms with Gasteiger partial charge in [-0.25, -0.2) is 4.79 Å². The fraction of sp³-hybridized carbons (Fsp3) is 0.188. The first-order valence-electron chi connectivity index (χ1n) is 6.85. The summed E-state index contributed by atoms with van der Waals surface area (Å²) in [6.45, 7) is 0. The number of hydrogen-bond donors (Lipinski definition) is 2. The lowest BCUT2D eigenvalue weighted by atomic mass is 10.1. The lowest BCUT2D eigenvalue weighted by Crippen LogP contribution is -2.39. The quantitative estimate of drug-likeness (QED) is 0.726. The van der Waals surface area contributed by atoms with Crippen LogP contribution in [0.4, 0.5) is 4.79 Å². The first-order chi connectivity index (χ1) is 10.2. The molecule has 4 nitrogen and oxygen atoms in total. The molecular formula is C16H14N2O2S. The van der Waals surface area contributed by atoms with Crippen LogP contribution in [0.2, 0.25) is 0 Å². The summed E-state index contributed by atoms with van der Waals surface area (Å²) in [4.78, 5) is 13.3. The number of aliphatic hydroxyl groups is 1. The van der Waals surface area contributed by atoms with Crippen LogP contribution >= 0.6 is 11.3 Å². The van der Waals surface area contributed by atoms with Gasteiger partial charge in [-0.3, -0.25) is 4.57 Å². The van der Waals surface area contributed by atoms with Crippen molar-refractivity contribution in [2.75, 3.05) is 0 Å². The highest BCUT2D eigenvalue weighted by atomic mass is 32.1. The van der Waals surface area contributed by atoms with E-state index in [1.807, 2.05) is 41.8 Å². The maximum atomic E-state index is 12.4. The summed E-state index contributed by atoms with van der Waals surface area (Å²) < 4.78 is 1.61. The molecule has 0 saturated heterocycles. The van der Waals surface area contributed by atoms with Crippen molar-refractivity contribution >= 4 is 27.6 Å². The minimum absolute atomic E-state index is 0.190. The molecule has 1 aliphatic carbocycles. The van der Waals surface area contributed by atoms with Crippen LogP contribution in [-0.2, 0) is 6.42 Å². The van der Waals surface area contributed by atoms with E-state index in [0.717, 1.165) is 21.3 Å². The Labute approximate surface area is 125 Å². The summed E-state index contributed by atoms with van der Waals surface area (Å²) >= 11 is 1.53. The molecular weight excluding hydrogens is 284 g/mol. The minimum Gasteiger partial charge on any atom is -0.386 e. The molecule has 0 fully saturated rings. The second kappa shape index (κ2) is 4.72. The fourth-order valence-corrected chi connectivity index (χ4v) is 3.82. The van der Waals surface area contributed by atoms with Crippen LogP contribution in [0.25, 0.3) is 10.2 Å². The third-order valence-corrected chi connectivity index (χ3v) is 4.95. The van der Waals surface area contributed by atoms with Crippen LogP contribution in [0.5, 0.6) is 0 Å². The van der Waals surface area contributed by atoms with Gasteiger partial charge in [0.05, 0.1) is 12.1 Å². The molecule has 2 heterocycles. The number of amides is 1. The standard InChI is InChI=1S/C16H14N2O2S/c19-14-12-4-2-1-3-11(12)9-13(14)17-16(20)18-7-5-10-6-8-21-15(10)18/h1-8,13-14,19H,9H2,(H,17,20). The zero-order valence-electron chi connectivity index (χ0n) is 11.2. The van der Waals surface area contributed by atoms with Gasteiger partial charge in [-0.05, 0) is 35.1 Å². The summed E-state index contributed by atoms with van der Waals surface area (Å²) in [6.07, 6.45) is 1.79. The number of rotatable bonds is 1. The summed E-state index contributed by atoms with van der Waals surface area (Å²) in [5.41, 5.74) is 2.01. The Bertz CT molecular complexity index is 820. The summed E-state index contributed by atoms with van der Waals surface area (Å²) in [7, 11) is 0. The van der Waals surface area contributed by atoms with Gasteiger partial charge in [-0.2, -0.15) is 0 Å². The third kappa shape index (κ3) is 1.97. The Kier molecular flexibility index (Phi) is 2.83. The first-order valence-corrected chi connectivity index (χ1v) is 7.73. The predicted octanol–water partition coefficient (Wildman–Crippen LogP) is 2.92. The van der Waals surface area contributed by atoms with Crippen LogP contribution in [0.1, 0.15) is 17.2 Å².